The van der Waals surface area contributed by atoms with Gasteiger partial charge >= 0.3 is 6.09 Å². The lowest BCUT2D eigenvalue weighted by atomic mass is 9.98. The Bertz CT molecular complexity index is 234. The Kier molecular flexibility index (Phi) is 4.59. The largest absolute Gasteiger partial charge is 0.444 e. The van der Waals surface area contributed by atoms with Gasteiger partial charge in [-0.25, -0.2) is 4.79 Å². The zero-order valence-electron chi connectivity index (χ0n) is 10.9. The minimum absolute atomic E-state index is 0.173. The van der Waals surface area contributed by atoms with Crippen LogP contribution in [0.2, 0.25) is 0 Å². The van der Waals surface area contributed by atoms with Gasteiger partial charge in [-0.15, -0.1) is 0 Å². The first-order chi connectivity index (χ1) is 7.42. The Hall–Kier alpha value is -0.770. The summed E-state index contributed by atoms with van der Waals surface area (Å²) in [7, 11) is 1.95. The number of nitrogens with zero attached hydrogens (tertiary/aromatic N) is 1. The maximum atomic E-state index is 11.8. The summed E-state index contributed by atoms with van der Waals surface area (Å²) in [6.45, 7) is 8.32. The number of piperidine rings is 1. The number of likely N-dealkylation sites (tertiary alicyclic amines) is 1. The van der Waals surface area contributed by atoms with Crippen LogP contribution in [0.1, 0.15) is 33.6 Å². The monoisotopic (exact) mass is 228 g/mol. The highest BCUT2D eigenvalue weighted by Crippen LogP contribution is 2.18. The summed E-state index contributed by atoms with van der Waals surface area (Å²) in [5.74, 6) is 0.561. The van der Waals surface area contributed by atoms with Crippen molar-refractivity contribution in [2.45, 2.75) is 39.2 Å². The van der Waals surface area contributed by atoms with Crippen LogP contribution in [0.4, 0.5) is 4.79 Å². The maximum Gasteiger partial charge on any atom is 0.410 e. The van der Waals surface area contributed by atoms with Gasteiger partial charge in [0.15, 0.2) is 0 Å². The van der Waals surface area contributed by atoms with Crippen LogP contribution in [0.25, 0.3) is 0 Å². The van der Waals surface area contributed by atoms with Crippen molar-refractivity contribution >= 4 is 6.09 Å². The molecular formula is C12H24N2O2. The highest BCUT2D eigenvalue weighted by Gasteiger charge is 2.27. The molecule has 4 heteroatoms. The summed E-state index contributed by atoms with van der Waals surface area (Å²) >= 11 is 0. The smallest absolute Gasteiger partial charge is 0.410 e. The van der Waals surface area contributed by atoms with Gasteiger partial charge in [0.1, 0.15) is 5.60 Å². The molecule has 0 radical (unpaired) electrons. The molecule has 1 N–H and O–H groups in total. The van der Waals surface area contributed by atoms with Crippen LogP contribution < -0.4 is 5.32 Å². The lowest BCUT2D eigenvalue weighted by molar-refractivity contribution is 0.0167. The molecule has 0 aliphatic carbocycles. The highest BCUT2D eigenvalue weighted by molar-refractivity contribution is 5.68. The molecule has 1 aliphatic heterocycles. The van der Waals surface area contributed by atoms with Crippen molar-refractivity contribution in [2.24, 2.45) is 5.92 Å². The Morgan fingerprint density at radius 1 is 1.50 bits per heavy atom. The number of nitrogens with one attached hydrogen (secondary N) is 1. The van der Waals surface area contributed by atoms with Gasteiger partial charge in [-0.1, -0.05) is 0 Å². The van der Waals surface area contributed by atoms with Crippen molar-refractivity contribution in [1.29, 1.82) is 0 Å². The molecule has 1 atom stereocenters. The minimum Gasteiger partial charge on any atom is -0.444 e. The van der Waals surface area contributed by atoms with Gasteiger partial charge in [-0.05, 0) is 53.1 Å². The Morgan fingerprint density at radius 2 is 2.19 bits per heavy atom. The van der Waals surface area contributed by atoms with E-state index in [-0.39, 0.29) is 6.09 Å². The van der Waals surface area contributed by atoms with Crippen molar-refractivity contribution in [1.82, 2.24) is 10.2 Å². The fourth-order valence-corrected chi connectivity index (χ4v) is 2.01. The summed E-state index contributed by atoms with van der Waals surface area (Å²) in [4.78, 5) is 13.7. The molecular weight excluding hydrogens is 204 g/mol. The fraction of sp³-hybridized carbons (Fsp3) is 0.917. The van der Waals surface area contributed by atoms with Crippen LogP contribution >= 0.6 is 0 Å². The van der Waals surface area contributed by atoms with E-state index in [2.05, 4.69) is 5.32 Å². The molecule has 1 fully saturated rings. The van der Waals surface area contributed by atoms with Gasteiger partial charge < -0.3 is 15.0 Å². The summed E-state index contributed by atoms with van der Waals surface area (Å²) in [5.41, 5.74) is -0.396. The molecule has 0 unspecified atom stereocenters. The molecule has 0 aromatic carbocycles. The van der Waals surface area contributed by atoms with Crippen molar-refractivity contribution in [3.05, 3.63) is 0 Å². The third-order valence-corrected chi connectivity index (χ3v) is 2.66. The van der Waals surface area contributed by atoms with Crippen LogP contribution in [-0.2, 0) is 4.74 Å². The highest BCUT2D eigenvalue weighted by atomic mass is 16.6. The number of carbonyl (C=O) groups excluding carboxylic acids is 1. The number of ether oxygens (including phenoxy) is 1. The predicted molar refractivity (Wildman–Crippen MR) is 64.5 cm³/mol. The number of hydrogen-bond acceptors (Lipinski definition) is 3. The van der Waals surface area contributed by atoms with E-state index in [1.165, 1.54) is 6.42 Å². The molecule has 0 spiro atoms. The van der Waals surface area contributed by atoms with E-state index in [0.717, 1.165) is 26.1 Å². The quantitative estimate of drug-likeness (QED) is 0.784. The van der Waals surface area contributed by atoms with E-state index >= 15 is 0 Å². The first-order valence-electron chi connectivity index (χ1n) is 6.05. The Labute approximate surface area is 98.3 Å². The van der Waals surface area contributed by atoms with Crippen LogP contribution in [0.3, 0.4) is 0 Å². The zero-order chi connectivity index (χ0) is 12.2. The average Bonchev–Trinajstić information content (AvgIpc) is 2.16. The van der Waals surface area contributed by atoms with Gasteiger partial charge in [0.2, 0.25) is 0 Å². The minimum atomic E-state index is -0.396. The van der Waals surface area contributed by atoms with Crippen molar-refractivity contribution < 1.29 is 9.53 Å². The first kappa shape index (κ1) is 13.3. The zero-order valence-corrected chi connectivity index (χ0v) is 10.9. The second kappa shape index (κ2) is 5.53. The van der Waals surface area contributed by atoms with Crippen LogP contribution in [0.15, 0.2) is 0 Å². The second-order valence-electron chi connectivity index (χ2n) is 5.49. The van der Waals surface area contributed by atoms with E-state index in [0.29, 0.717) is 5.92 Å². The van der Waals surface area contributed by atoms with Crippen LogP contribution in [0.5, 0.6) is 0 Å². The molecule has 1 amide bonds. The van der Waals surface area contributed by atoms with Gasteiger partial charge in [-0.2, -0.15) is 0 Å². The SMILES string of the molecule is CNC[C@@H]1CCCN(C(=O)OC(C)(C)C)C1. The number of hydrogen-bond donors (Lipinski definition) is 1. The molecule has 1 rings (SSSR count). The van der Waals surface area contributed by atoms with E-state index in [1.54, 1.807) is 0 Å². The van der Waals surface area contributed by atoms with Crippen LogP contribution in [0, 0.1) is 5.92 Å². The molecule has 16 heavy (non-hydrogen) atoms. The molecule has 94 valence electrons. The van der Waals surface area contributed by atoms with Crippen molar-refractivity contribution in [3.63, 3.8) is 0 Å². The van der Waals surface area contributed by atoms with E-state index in [1.807, 2.05) is 32.7 Å². The summed E-state index contributed by atoms with van der Waals surface area (Å²) in [5, 5.41) is 3.17. The predicted octanol–water partition coefficient (Wildman–Crippen LogP) is 1.85. The molecule has 0 bridgehead atoms. The van der Waals surface area contributed by atoms with Gasteiger partial charge in [0, 0.05) is 13.1 Å². The number of rotatable bonds is 2. The van der Waals surface area contributed by atoms with Gasteiger partial charge in [0.25, 0.3) is 0 Å². The topological polar surface area (TPSA) is 41.6 Å². The summed E-state index contributed by atoms with van der Waals surface area (Å²) < 4.78 is 5.37. The van der Waals surface area contributed by atoms with Gasteiger partial charge in [-0.3, -0.25) is 0 Å². The van der Waals surface area contributed by atoms with Gasteiger partial charge in [0.05, 0.1) is 0 Å². The number of carbonyl (C=O) groups is 1. The fourth-order valence-electron chi connectivity index (χ4n) is 2.01. The molecule has 4 nitrogen and oxygen atoms in total. The van der Waals surface area contributed by atoms with E-state index in [9.17, 15) is 4.79 Å². The van der Waals surface area contributed by atoms with E-state index in [4.69, 9.17) is 4.74 Å². The third kappa shape index (κ3) is 4.39. The van der Waals surface area contributed by atoms with Crippen LogP contribution in [-0.4, -0.2) is 43.3 Å². The third-order valence-electron chi connectivity index (χ3n) is 2.66. The number of amides is 1. The average molecular weight is 228 g/mol. The first-order valence-corrected chi connectivity index (χ1v) is 6.05. The summed E-state index contributed by atoms with van der Waals surface area (Å²) in [6.07, 6.45) is 2.10. The Morgan fingerprint density at radius 3 is 2.75 bits per heavy atom. The van der Waals surface area contributed by atoms with E-state index < -0.39 is 5.60 Å². The summed E-state index contributed by atoms with van der Waals surface area (Å²) in [6, 6.07) is 0. The second-order valence-corrected chi connectivity index (χ2v) is 5.49. The molecule has 1 saturated heterocycles. The molecule has 0 aromatic heterocycles. The normalized spacial score (nSPS) is 22.0. The lowest BCUT2D eigenvalue weighted by Crippen LogP contribution is -2.44. The van der Waals surface area contributed by atoms with Crippen molar-refractivity contribution in [2.75, 3.05) is 26.7 Å². The molecule has 1 aliphatic rings. The standard InChI is InChI=1S/C12H24N2O2/c1-12(2,3)16-11(15)14-7-5-6-10(9-14)8-13-4/h10,13H,5-9H2,1-4H3/t10-/m0/s1. The van der Waals surface area contributed by atoms with Crippen molar-refractivity contribution in [3.8, 4) is 0 Å². The molecule has 1 heterocycles. The lowest BCUT2D eigenvalue weighted by Gasteiger charge is -2.34. The molecule has 0 saturated carbocycles. The Balaban J connectivity index is 2.44. The maximum absolute atomic E-state index is 11.8. The molecule has 0 aromatic rings.